The molecule has 2 rings (SSSR count). The average Bonchev–Trinajstić information content (AvgIpc) is 2.71. The zero-order valence-corrected chi connectivity index (χ0v) is 7.77. The number of hydrogen-bond donors (Lipinski definition) is 3. The minimum Gasteiger partial charge on any atom is -0.508 e. The van der Waals surface area contributed by atoms with E-state index >= 15 is 0 Å². The third-order valence-electron chi connectivity index (χ3n) is 1.89. The van der Waals surface area contributed by atoms with Crippen molar-refractivity contribution < 1.29 is 9.90 Å². The number of anilines is 1. The normalized spacial score (nSPS) is 9.87. The van der Waals surface area contributed by atoms with Gasteiger partial charge >= 0.3 is 0 Å². The standard InChI is InChI=1S/C10H9N3O2/c14-9-3-1-7(2-4-9)10(15)13-8-5-11-12-6-8/h1-6,14H,(H,11,12)(H,13,15). The molecule has 5 nitrogen and oxygen atoms in total. The van der Waals surface area contributed by atoms with E-state index in [1.807, 2.05) is 0 Å². The van der Waals surface area contributed by atoms with Gasteiger partial charge in [0.25, 0.3) is 5.91 Å². The number of benzene rings is 1. The van der Waals surface area contributed by atoms with Crippen molar-refractivity contribution in [3.8, 4) is 5.75 Å². The van der Waals surface area contributed by atoms with Gasteiger partial charge in [0, 0.05) is 11.8 Å². The molecule has 0 fully saturated rings. The maximum atomic E-state index is 11.6. The predicted octanol–water partition coefficient (Wildman–Crippen LogP) is 1.37. The summed E-state index contributed by atoms with van der Waals surface area (Å²) in [5.41, 5.74) is 1.09. The molecule has 0 bridgehead atoms. The van der Waals surface area contributed by atoms with E-state index in [9.17, 15) is 4.79 Å². The molecule has 2 aromatic rings. The largest absolute Gasteiger partial charge is 0.508 e. The molecule has 0 aliphatic carbocycles. The molecular weight excluding hydrogens is 194 g/mol. The molecule has 5 heteroatoms. The van der Waals surface area contributed by atoms with Crippen LogP contribution in [-0.2, 0) is 0 Å². The Morgan fingerprint density at radius 3 is 2.67 bits per heavy atom. The molecule has 0 saturated heterocycles. The second kappa shape index (κ2) is 3.83. The summed E-state index contributed by atoms with van der Waals surface area (Å²) in [6, 6.07) is 6.02. The molecule has 0 atom stereocenters. The smallest absolute Gasteiger partial charge is 0.255 e. The van der Waals surface area contributed by atoms with Crippen molar-refractivity contribution in [1.29, 1.82) is 0 Å². The maximum Gasteiger partial charge on any atom is 0.255 e. The van der Waals surface area contributed by atoms with Gasteiger partial charge in [-0.2, -0.15) is 5.10 Å². The van der Waals surface area contributed by atoms with Crippen LogP contribution in [0.5, 0.6) is 5.75 Å². The van der Waals surface area contributed by atoms with Crippen LogP contribution in [-0.4, -0.2) is 21.2 Å². The van der Waals surface area contributed by atoms with Gasteiger partial charge in [-0.25, -0.2) is 0 Å². The molecular formula is C10H9N3O2. The number of amides is 1. The Kier molecular flexibility index (Phi) is 2.37. The maximum absolute atomic E-state index is 11.6. The van der Waals surface area contributed by atoms with E-state index in [4.69, 9.17) is 5.11 Å². The molecule has 0 aliphatic heterocycles. The lowest BCUT2D eigenvalue weighted by Crippen LogP contribution is -2.10. The van der Waals surface area contributed by atoms with E-state index in [-0.39, 0.29) is 11.7 Å². The van der Waals surface area contributed by atoms with Crippen molar-refractivity contribution >= 4 is 11.6 Å². The Morgan fingerprint density at radius 1 is 1.33 bits per heavy atom. The summed E-state index contributed by atoms with van der Waals surface area (Å²) in [4.78, 5) is 11.6. The fraction of sp³-hybridized carbons (Fsp3) is 0. The van der Waals surface area contributed by atoms with E-state index in [0.717, 1.165) is 0 Å². The lowest BCUT2D eigenvalue weighted by molar-refractivity contribution is 0.102. The molecule has 0 spiro atoms. The summed E-state index contributed by atoms with van der Waals surface area (Å²) in [5, 5.41) is 18.0. The van der Waals surface area contributed by atoms with Crippen LogP contribution in [0.15, 0.2) is 36.7 Å². The number of nitrogens with one attached hydrogen (secondary N) is 2. The Balaban J connectivity index is 2.11. The monoisotopic (exact) mass is 203 g/mol. The summed E-state index contributed by atoms with van der Waals surface area (Å²) >= 11 is 0. The molecule has 1 heterocycles. The van der Waals surface area contributed by atoms with Crippen LogP contribution in [0.2, 0.25) is 0 Å². The van der Waals surface area contributed by atoms with Crippen molar-refractivity contribution in [1.82, 2.24) is 10.2 Å². The van der Waals surface area contributed by atoms with E-state index in [2.05, 4.69) is 15.5 Å². The van der Waals surface area contributed by atoms with E-state index < -0.39 is 0 Å². The lowest BCUT2D eigenvalue weighted by Gasteiger charge is -2.01. The summed E-state index contributed by atoms with van der Waals surface area (Å²) in [7, 11) is 0. The highest BCUT2D eigenvalue weighted by atomic mass is 16.3. The van der Waals surface area contributed by atoms with Crippen LogP contribution in [0.25, 0.3) is 0 Å². The van der Waals surface area contributed by atoms with Gasteiger partial charge < -0.3 is 10.4 Å². The number of phenols is 1. The minimum absolute atomic E-state index is 0.134. The predicted molar refractivity (Wildman–Crippen MR) is 54.6 cm³/mol. The van der Waals surface area contributed by atoms with Crippen molar-refractivity contribution in [2.45, 2.75) is 0 Å². The molecule has 15 heavy (non-hydrogen) atoms. The van der Waals surface area contributed by atoms with Gasteiger partial charge in [-0.1, -0.05) is 0 Å². The number of hydrogen-bond acceptors (Lipinski definition) is 3. The highest BCUT2D eigenvalue weighted by Crippen LogP contribution is 2.11. The fourth-order valence-electron chi connectivity index (χ4n) is 1.14. The second-order valence-electron chi connectivity index (χ2n) is 2.99. The number of nitrogens with zero attached hydrogens (tertiary/aromatic N) is 1. The van der Waals surface area contributed by atoms with Gasteiger partial charge in [0.2, 0.25) is 0 Å². The SMILES string of the molecule is O=C(Nc1cn[nH]c1)c1ccc(O)cc1. The fourth-order valence-corrected chi connectivity index (χ4v) is 1.14. The molecule has 1 aromatic heterocycles. The number of rotatable bonds is 2. The van der Waals surface area contributed by atoms with E-state index in [0.29, 0.717) is 11.3 Å². The number of carbonyl (C=O) groups is 1. The summed E-state index contributed by atoms with van der Waals surface area (Å²) in [6.45, 7) is 0. The number of phenolic OH excluding ortho intramolecular Hbond substituents is 1. The average molecular weight is 203 g/mol. The van der Waals surface area contributed by atoms with Crippen LogP contribution in [0.4, 0.5) is 5.69 Å². The first-order valence-electron chi connectivity index (χ1n) is 4.35. The molecule has 0 unspecified atom stereocenters. The Bertz CT molecular complexity index is 448. The molecule has 76 valence electrons. The molecule has 0 saturated carbocycles. The van der Waals surface area contributed by atoms with Gasteiger partial charge in [0.15, 0.2) is 0 Å². The first-order valence-corrected chi connectivity index (χ1v) is 4.35. The first-order chi connectivity index (χ1) is 7.25. The van der Waals surface area contributed by atoms with Gasteiger partial charge in [-0.3, -0.25) is 9.89 Å². The highest BCUT2D eigenvalue weighted by molar-refractivity contribution is 6.04. The number of aromatic amines is 1. The first kappa shape index (κ1) is 9.26. The van der Waals surface area contributed by atoms with Crippen molar-refractivity contribution in [2.75, 3.05) is 5.32 Å². The van der Waals surface area contributed by atoms with Crippen LogP contribution in [0.3, 0.4) is 0 Å². The summed E-state index contributed by atoms with van der Waals surface area (Å²) in [6.07, 6.45) is 3.09. The molecule has 1 aromatic carbocycles. The number of aromatic nitrogens is 2. The zero-order valence-electron chi connectivity index (χ0n) is 7.77. The van der Waals surface area contributed by atoms with Gasteiger partial charge in [0.1, 0.15) is 5.75 Å². The lowest BCUT2D eigenvalue weighted by atomic mass is 10.2. The van der Waals surface area contributed by atoms with Crippen LogP contribution in [0, 0.1) is 0 Å². The third kappa shape index (κ3) is 2.14. The van der Waals surface area contributed by atoms with Crippen LogP contribution < -0.4 is 5.32 Å². The number of carbonyl (C=O) groups excluding carboxylic acids is 1. The summed E-state index contributed by atoms with van der Waals surface area (Å²) < 4.78 is 0. The van der Waals surface area contributed by atoms with Gasteiger partial charge in [-0.05, 0) is 24.3 Å². The Morgan fingerprint density at radius 2 is 2.07 bits per heavy atom. The van der Waals surface area contributed by atoms with Crippen molar-refractivity contribution in [3.05, 3.63) is 42.2 Å². The van der Waals surface area contributed by atoms with Crippen molar-refractivity contribution in [3.63, 3.8) is 0 Å². The van der Waals surface area contributed by atoms with Crippen LogP contribution in [0.1, 0.15) is 10.4 Å². The molecule has 1 amide bonds. The number of H-pyrrole nitrogens is 1. The Labute approximate surface area is 85.8 Å². The van der Waals surface area contributed by atoms with E-state index in [1.165, 1.54) is 18.3 Å². The van der Waals surface area contributed by atoms with Crippen LogP contribution >= 0.6 is 0 Å². The van der Waals surface area contributed by atoms with Gasteiger partial charge in [-0.15, -0.1) is 0 Å². The Hall–Kier alpha value is -2.30. The molecule has 3 N–H and O–H groups in total. The summed E-state index contributed by atoms with van der Waals surface area (Å²) in [5.74, 6) is -0.105. The topological polar surface area (TPSA) is 78.0 Å². The highest BCUT2D eigenvalue weighted by Gasteiger charge is 2.05. The minimum atomic E-state index is -0.239. The van der Waals surface area contributed by atoms with Crippen molar-refractivity contribution in [2.24, 2.45) is 0 Å². The number of aromatic hydroxyl groups is 1. The zero-order chi connectivity index (χ0) is 10.7. The third-order valence-corrected chi connectivity index (χ3v) is 1.89. The van der Waals surface area contributed by atoms with E-state index in [1.54, 1.807) is 18.3 Å². The van der Waals surface area contributed by atoms with Gasteiger partial charge in [0.05, 0.1) is 11.9 Å². The quantitative estimate of drug-likeness (QED) is 0.689. The molecule has 0 radical (unpaired) electrons. The molecule has 0 aliphatic rings. The second-order valence-corrected chi connectivity index (χ2v) is 2.99.